The summed E-state index contributed by atoms with van der Waals surface area (Å²) in [5.74, 6) is -0.334. The molecule has 0 radical (unpaired) electrons. The van der Waals surface area contributed by atoms with Crippen LogP contribution >= 0.6 is 11.6 Å². The van der Waals surface area contributed by atoms with Crippen molar-refractivity contribution in [2.75, 3.05) is 0 Å². The minimum absolute atomic E-state index is 0.00978. The third-order valence-electron chi connectivity index (χ3n) is 4.14. The Bertz CT molecular complexity index is 1070. The first-order valence-corrected chi connectivity index (χ1v) is 8.65. The molecule has 0 saturated carbocycles. The Morgan fingerprint density at radius 2 is 1.56 bits per heavy atom. The summed E-state index contributed by atoms with van der Waals surface area (Å²) in [6.07, 6.45) is 1.45. The van der Waals surface area contributed by atoms with Gasteiger partial charge in [-0.2, -0.15) is 0 Å². The molecule has 4 nitrogen and oxygen atoms in total. The number of carbonyl (C=O) groups excluding carboxylic acids is 1. The zero-order valence-electron chi connectivity index (χ0n) is 14.1. The smallest absolute Gasteiger partial charge is 0.363 e. The van der Waals surface area contributed by atoms with Crippen LogP contribution in [-0.2, 0) is 9.53 Å². The van der Waals surface area contributed by atoms with Gasteiger partial charge in [0.2, 0.25) is 5.90 Å². The van der Waals surface area contributed by atoms with Crippen LogP contribution in [0.1, 0.15) is 11.1 Å². The van der Waals surface area contributed by atoms with Crippen LogP contribution in [0, 0.1) is 0 Å². The fourth-order valence-electron chi connectivity index (χ4n) is 2.76. The highest BCUT2D eigenvalue weighted by molar-refractivity contribution is 6.30. The quantitative estimate of drug-likeness (QED) is 0.514. The topological polar surface area (TPSA) is 58.9 Å². The van der Waals surface area contributed by atoms with Crippen LogP contribution in [0.5, 0.6) is 5.75 Å². The molecule has 0 spiro atoms. The average Bonchev–Trinajstić information content (AvgIpc) is 3.06. The first kappa shape index (κ1) is 17.1. The maximum Gasteiger partial charge on any atom is 0.363 e. The lowest BCUT2D eigenvalue weighted by molar-refractivity contribution is -0.129. The summed E-state index contributed by atoms with van der Waals surface area (Å²) < 4.78 is 5.28. The number of cyclic esters (lactones) is 1. The third kappa shape index (κ3) is 3.61. The van der Waals surface area contributed by atoms with Gasteiger partial charge in [0.05, 0.1) is 0 Å². The van der Waals surface area contributed by atoms with Gasteiger partial charge in [-0.3, -0.25) is 0 Å². The van der Waals surface area contributed by atoms with Crippen LogP contribution < -0.4 is 0 Å². The van der Waals surface area contributed by atoms with E-state index < -0.39 is 5.97 Å². The van der Waals surface area contributed by atoms with Crippen LogP contribution in [0.2, 0.25) is 5.02 Å². The number of esters is 1. The Morgan fingerprint density at radius 1 is 0.889 bits per heavy atom. The number of halogens is 1. The molecule has 132 valence electrons. The van der Waals surface area contributed by atoms with Crippen molar-refractivity contribution in [3.8, 4) is 16.9 Å². The predicted molar refractivity (Wildman–Crippen MR) is 106 cm³/mol. The highest BCUT2D eigenvalue weighted by atomic mass is 35.5. The molecule has 0 aliphatic carbocycles. The molecule has 0 atom stereocenters. The standard InChI is InChI=1S/C22H14ClNO3/c23-18-10-11-20(25)17(12-18)13-19-22(26)27-21(24-19)16-8-6-15(7-9-16)14-4-2-1-3-5-14/h1-13,25H/b19-13-. The molecule has 3 aromatic carbocycles. The molecule has 1 aliphatic heterocycles. The SMILES string of the molecule is O=C1OC(c2ccc(-c3ccccc3)cc2)=N/C1=C\c1cc(Cl)ccc1O. The third-order valence-corrected chi connectivity index (χ3v) is 4.38. The molecule has 1 N–H and O–H groups in total. The molecule has 0 unspecified atom stereocenters. The predicted octanol–water partition coefficient (Wildman–Crippen LogP) is 5.06. The Labute approximate surface area is 161 Å². The molecule has 0 amide bonds. The van der Waals surface area contributed by atoms with Gasteiger partial charge in [-0.15, -0.1) is 0 Å². The van der Waals surface area contributed by atoms with E-state index in [0.29, 0.717) is 16.1 Å². The lowest BCUT2D eigenvalue weighted by Gasteiger charge is -2.03. The Morgan fingerprint density at radius 3 is 2.30 bits per heavy atom. The molecule has 27 heavy (non-hydrogen) atoms. The molecule has 4 rings (SSSR count). The van der Waals surface area contributed by atoms with Crippen molar-refractivity contribution in [2.45, 2.75) is 0 Å². The van der Waals surface area contributed by atoms with E-state index in [1.807, 2.05) is 54.6 Å². The average molecular weight is 376 g/mol. The summed E-state index contributed by atoms with van der Waals surface area (Å²) in [4.78, 5) is 16.4. The number of rotatable bonds is 3. The lowest BCUT2D eigenvalue weighted by Crippen LogP contribution is -2.05. The van der Waals surface area contributed by atoms with E-state index >= 15 is 0 Å². The number of carbonyl (C=O) groups is 1. The van der Waals surface area contributed by atoms with Gasteiger partial charge in [-0.1, -0.05) is 54.1 Å². The van der Waals surface area contributed by atoms with Crippen LogP contribution in [-0.4, -0.2) is 17.0 Å². The zero-order chi connectivity index (χ0) is 18.8. The number of phenols is 1. The van der Waals surface area contributed by atoms with Gasteiger partial charge in [-0.05, 0) is 47.5 Å². The summed E-state index contributed by atoms with van der Waals surface area (Å²) in [5, 5.41) is 10.4. The first-order chi connectivity index (χ1) is 13.1. The van der Waals surface area contributed by atoms with Crippen LogP contribution in [0.15, 0.2) is 83.5 Å². The summed E-state index contributed by atoms with van der Waals surface area (Å²) in [7, 11) is 0. The number of benzene rings is 3. The van der Waals surface area contributed by atoms with Crippen molar-refractivity contribution in [1.29, 1.82) is 0 Å². The second kappa shape index (κ2) is 7.09. The molecular formula is C22H14ClNO3. The second-order valence-corrected chi connectivity index (χ2v) is 6.42. The normalized spacial score (nSPS) is 14.9. The summed E-state index contributed by atoms with van der Waals surface area (Å²) >= 11 is 5.94. The van der Waals surface area contributed by atoms with E-state index in [-0.39, 0.29) is 17.3 Å². The first-order valence-electron chi connectivity index (χ1n) is 8.27. The van der Waals surface area contributed by atoms with Crippen molar-refractivity contribution in [1.82, 2.24) is 0 Å². The maximum atomic E-state index is 12.1. The van der Waals surface area contributed by atoms with E-state index in [0.717, 1.165) is 11.1 Å². The van der Waals surface area contributed by atoms with Crippen molar-refractivity contribution in [3.63, 3.8) is 0 Å². The van der Waals surface area contributed by atoms with Crippen LogP contribution in [0.25, 0.3) is 17.2 Å². The van der Waals surface area contributed by atoms with Crippen molar-refractivity contribution in [2.24, 2.45) is 4.99 Å². The highest BCUT2D eigenvalue weighted by Crippen LogP contribution is 2.27. The summed E-state index contributed by atoms with van der Waals surface area (Å²) in [6, 6.07) is 22.2. The number of ether oxygens (including phenoxy) is 1. The van der Waals surface area contributed by atoms with Gasteiger partial charge in [0.1, 0.15) is 5.75 Å². The minimum Gasteiger partial charge on any atom is -0.507 e. The van der Waals surface area contributed by atoms with E-state index in [1.54, 1.807) is 12.1 Å². The number of aliphatic imine (C=N–C) groups is 1. The minimum atomic E-state index is -0.573. The van der Waals surface area contributed by atoms with Crippen molar-refractivity contribution in [3.05, 3.63) is 94.6 Å². The second-order valence-electron chi connectivity index (χ2n) is 5.98. The van der Waals surface area contributed by atoms with Crippen molar-refractivity contribution < 1.29 is 14.6 Å². The Kier molecular flexibility index (Phi) is 4.48. The van der Waals surface area contributed by atoms with Crippen LogP contribution in [0.3, 0.4) is 0 Å². The lowest BCUT2D eigenvalue weighted by atomic mass is 10.0. The van der Waals surface area contributed by atoms with Gasteiger partial charge in [0.25, 0.3) is 0 Å². The molecule has 5 heteroatoms. The maximum absolute atomic E-state index is 12.1. The van der Waals surface area contributed by atoms with E-state index in [2.05, 4.69) is 4.99 Å². The van der Waals surface area contributed by atoms with Crippen molar-refractivity contribution >= 4 is 29.5 Å². The molecule has 3 aromatic rings. The van der Waals surface area contributed by atoms with Gasteiger partial charge in [0.15, 0.2) is 5.70 Å². The van der Waals surface area contributed by atoms with Gasteiger partial charge < -0.3 is 9.84 Å². The van der Waals surface area contributed by atoms with Gasteiger partial charge in [-0.25, -0.2) is 9.79 Å². The fourth-order valence-corrected chi connectivity index (χ4v) is 2.94. The van der Waals surface area contributed by atoms with E-state index in [4.69, 9.17) is 16.3 Å². The number of aromatic hydroxyl groups is 1. The summed E-state index contributed by atoms with van der Waals surface area (Å²) in [6.45, 7) is 0. The van der Waals surface area contributed by atoms with E-state index in [1.165, 1.54) is 12.1 Å². The summed E-state index contributed by atoms with van der Waals surface area (Å²) in [5.41, 5.74) is 3.37. The van der Waals surface area contributed by atoms with E-state index in [9.17, 15) is 9.90 Å². The number of hydrogen-bond acceptors (Lipinski definition) is 4. The fraction of sp³-hybridized carbons (Fsp3) is 0. The molecule has 0 aromatic heterocycles. The molecule has 1 heterocycles. The van der Waals surface area contributed by atoms with Crippen LogP contribution in [0.4, 0.5) is 0 Å². The number of nitrogens with zero attached hydrogens (tertiary/aromatic N) is 1. The zero-order valence-corrected chi connectivity index (χ0v) is 14.9. The number of hydrogen-bond donors (Lipinski definition) is 1. The molecular weight excluding hydrogens is 362 g/mol. The number of phenolic OH excluding ortho intramolecular Hbond substituents is 1. The molecule has 0 bridgehead atoms. The largest absolute Gasteiger partial charge is 0.507 e. The molecule has 1 aliphatic rings. The monoisotopic (exact) mass is 375 g/mol. The molecule has 0 saturated heterocycles. The Hall–Kier alpha value is -3.37. The van der Waals surface area contributed by atoms with Gasteiger partial charge >= 0.3 is 5.97 Å². The Balaban J connectivity index is 1.63. The molecule has 0 fully saturated rings. The highest BCUT2D eigenvalue weighted by Gasteiger charge is 2.24. The van der Waals surface area contributed by atoms with Gasteiger partial charge in [0, 0.05) is 16.1 Å².